The first-order valence-electron chi connectivity index (χ1n) is 9.55. The van der Waals surface area contributed by atoms with E-state index in [1.807, 2.05) is 35.4 Å². The van der Waals surface area contributed by atoms with E-state index in [2.05, 4.69) is 33.1 Å². The number of piperazine rings is 1. The maximum absolute atomic E-state index is 12.5. The van der Waals surface area contributed by atoms with Crippen molar-refractivity contribution in [3.05, 3.63) is 72.2 Å². The number of aryl methyl sites for hydroxylation is 1. The second kappa shape index (κ2) is 8.27. The molecule has 3 aromatic rings. The van der Waals surface area contributed by atoms with Crippen molar-refractivity contribution in [2.45, 2.75) is 12.8 Å². The molecule has 0 radical (unpaired) electrons. The highest BCUT2D eigenvalue weighted by Gasteiger charge is 2.21. The van der Waals surface area contributed by atoms with Crippen molar-refractivity contribution >= 4 is 16.8 Å². The highest BCUT2D eigenvalue weighted by atomic mass is 16.2. The molecule has 0 bridgehead atoms. The predicted octanol–water partition coefficient (Wildman–Crippen LogP) is 3.02. The third-order valence-electron chi connectivity index (χ3n) is 5.15. The molecule has 5 heteroatoms. The van der Waals surface area contributed by atoms with E-state index in [4.69, 9.17) is 0 Å². The Morgan fingerprint density at radius 3 is 2.67 bits per heavy atom. The number of hydrogen-bond donors (Lipinski definition) is 0. The number of carbonyl (C=O) groups excluding carboxylic acids is 1. The molecular weight excluding hydrogens is 336 g/mol. The second-order valence-corrected chi connectivity index (χ2v) is 7.02. The molecule has 27 heavy (non-hydrogen) atoms. The summed E-state index contributed by atoms with van der Waals surface area (Å²) in [5, 5.41) is 1.21. The van der Waals surface area contributed by atoms with E-state index in [-0.39, 0.29) is 5.91 Å². The topological polar surface area (TPSA) is 49.3 Å². The summed E-state index contributed by atoms with van der Waals surface area (Å²) in [7, 11) is 0. The van der Waals surface area contributed by atoms with E-state index < -0.39 is 0 Å². The smallest absolute Gasteiger partial charge is 0.255 e. The van der Waals surface area contributed by atoms with Crippen LogP contribution in [0.2, 0.25) is 0 Å². The molecule has 3 heterocycles. The maximum Gasteiger partial charge on any atom is 0.255 e. The molecule has 0 saturated carbocycles. The molecule has 138 valence electrons. The van der Waals surface area contributed by atoms with Gasteiger partial charge in [-0.25, -0.2) is 0 Å². The van der Waals surface area contributed by atoms with Crippen molar-refractivity contribution in [2.75, 3.05) is 32.7 Å². The van der Waals surface area contributed by atoms with Crippen LogP contribution in [-0.4, -0.2) is 58.4 Å². The Balaban J connectivity index is 1.24. The SMILES string of the molecule is O=C(c1cccnc1)N1CCN(CCCc2cnc3ccccc3c2)CC1. The van der Waals surface area contributed by atoms with Crippen LogP contribution in [0, 0.1) is 0 Å². The van der Waals surface area contributed by atoms with Crippen LogP contribution in [0.5, 0.6) is 0 Å². The van der Waals surface area contributed by atoms with Gasteiger partial charge in [-0.15, -0.1) is 0 Å². The summed E-state index contributed by atoms with van der Waals surface area (Å²) < 4.78 is 0. The zero-order chi connectivity index (χ0) is 18.5. The quantitative estimate of drug-likeness (QED) is 0.702. The number of para-hydroxylation sites is 1. The van der Waals surface area contributed by atoms with Crippen molar-refractivity contribution in [2.24, 2.45) is 0 Å². The molecule has 1 amide bonds. The fourth-order valence-corrected chi connectivity index (χ4v) is 3.61. The Morgan fingerprint density at radius 1 is 1.00 bits per heavy atom. The molecule has 1 aliphatic rings. The van der Waals surface area contributed by atoms with Crippen LogP contribution in [0.15, 0.2) is 61.1 Å². The highest BCUT2D eigenvalue weighted by Crippen LogP contribution is 2.14. The molecule has 0 spiro atoms. The van der Waals surface area contributed by atoms with Gasteiger partial charge in [-0.05, 0) is 49.2 Å². The van der Waals surface area contributed by atoms with E-state index in [0.29, 0.717) is 5.56 Å². The van der Waals surface area contributed by atoms with Crippen LogP contribution < -0.4 is 0 Å². The van der Waals surface area contributed by atoms with Gasteiger partial charge in [-0.3, -0.25) is 19.7 Å². The van der Waals surface area contributed by atoms with Gasteiger partial charge in [-0.2, -0.15) is 0 Å². The summed E-state index contributed by atoms with van der Waals surface area (Å²) in [5.41, 5.74) is 3.02. The summed E-state index contributed by atoms with van der Waals surface area (Å²) in [4.78, 5) is 25.4. The zero-order valence-corrected chi connectivity index (χ0v) is 15.4. The normalized spacial score (nSPS) is 15.2. The van der Waals surface area contributed by atoms with Gasteiger partial charge in [-0.1, -0.05) is 18.2 Å². The Labute approximate surface area is 159 Å². The molecule has 1 saturated heterocycles. The van der Waals surface area contributed by atoms with Gasteiger partial charge >= 0.3 is 0 Å². The Hall–Kier alpha value is -2.79. The molecule has 1 fully saturated rings. The first-order valence-corrected chi connectivity index (χ1v) is 9.55. The minimum atomic E-state index is 0.0880. The summed E-state index contributed by atoms with van der Waals surface area (Å²) in [6, 6.07) is 14.1. The first kappa shape index (κ1) is 17.6. The molecule has 5 nitrogen and oxygen atoms in total. The van der Waals surface area contributed by atoms with E-state index in [0.717, 1.165) is 51.1 Å². The molecule has 0 atom stereocenters. The number of hydrogen-bond acceptors (Lipinski definition) is 4. The fraction of sp³-hybridized carbons (Fsp3) is 0.318. The average molecular weight is 360 g/mol. The average Bonchev–Trinajstić information content (AvgIpc) is 2.74. The minimum absolute atomic E-state index is 0.0880. The standard InChI is InChI=1S/C22H24N4O/c27-22(20-7-3-9-23-17-20)26-13-11-25(12-14-26)10-4-5-18-15-19-6-1-2-8-21(19)24-16-18/h1-3,6-9,15-17H,4-5,10-14H2. The fourth-order valence-electron chi connectivity index (χ4n) is 3.61. The van der Waals surface area contributed by atoms with Gasteiger partial charge in [0.05, 0.1) is 11.1 Å². The van der Waals surface area contributed by atoms with Crippen LogP contribution >= 0.6 is 0 Å². The zero-order valence-electron chi connectivity index (χ0n) is 15.4. The van der Waals surface area contributed by atoms with Crippen LogP contribution in [-0.2, 0) is 6.42 Å². The Bertz CT molecular complexity index is 904. The van der Waals surface area contributed by atoms with E-state index in [9.17, 15) is 4.79 Å². The lowest BCUT2D eigenvalue weighted by molar-refractivity contribution is 0.0635. The third kappa shape index (κ3) is 4.31. The van der Waals surface area contributed by atoms with Crippen molar-refractivity contribution < 1.29 is 4.79 Å². The lowest BCUT2D eigenvalue weighted by atomic mass is 10.1. The van der Waals surface area contributed by atoms with Gasteiger partial charge in [0, 0.05) is 50.2 Å². The molecule has 0 aliphatic carbocycles. The van der Waals surface area contributed by atoms with E-state index >= 15 is 0 Å². The van der Waals surface area contributed by atoms with Gasteiger partial charge in [0.25, 0.3) is 5.91 Å². The number of nitrogens with zero attached hydrogens (tertiary/aromatic N) is 4. The van der Waals surface area contributed by atoms with Crippen LogP contribution in [0.4, 0.5) is 0 Å². The van der Waals surface area contributed by atoms with Crippen LogP contribution in [0.1, 0.15) is 22.3 Å². The summed E-state index contributed by atoms with van der Waals surface area (Å²) in [6.45, 7) is 4.49. The lowest BCUT2D eigenvalue weighted by Crippen LogP contribution is -2.48. The first-order chi connectivity index (χ1) is 13.3. The number of pyridine rings is 2. The molecule has 0 unspecified atom stereocenters. The number of carbonyl (C=O) groups is 1. The van der Waals surface area contributed by atoms with Gasteiger partial charge in [0.1, 0.15) is 0 Å². The molecule has 1 aromatic carbocycles. The van der Waals surface area contributed by atoms with Crippen molar-refractivity contribution in [3.8, 4) is 0 Å². The number of benzene rings is 1. The monoisotopic (exact) mass is 360 g/mol. The number of fused-ring (bicyclic) bond motifs is 1. The van der Waals surface area contributed by atoms with Crippen LogP contribution in [0.25, 0.3) is 10.9 Å². The molecule has 2 aromatic heterocycles. The van der Waals surface area contributed by atoms with E-state index in [1.165, 1.54) is 10.9 Å². The molecular formula is C22H24N4O. The number of aromatic nitrogens is 2. The number of rotatable bonds is 5. The van der Waals surface area contributed by atoms with Crippen molar-refractivity contribution in [3.63, 3.8) is 0 Å². The van der Waals surface area contributed by atoms with Crippen molar-refractivity contribution in [1.82, 2.24) is 19.8 Å². The molecule has 0 N–H and O–H groups in total. The van der Waals surface area contributed by atoms with Gasteiger partial charge < -0.3 is 4.90 Å². The van der Waals surface area contributed by atoms with E-state index in [1.54, 1.807) is 12.4 Å². The number of amides is 1. The largest absolute Gasteiger partial charge is 0.336 e. The van der Waals surface area contributed by atoms with Gasteiger partial charge in [0.2, 0.25) is 0 Å². The predicted molar refractivity (Wildman–Crippen MR) is 107 cm³/mol. The van der Waals surface area contributed by atoms with Crippen LogP contribution in [0.3, 0.4) is 0 Å². The third-order valence-corrected chi connectivity index (χ3v) is 5.15. The summed E-state index contributed by atoms with van der Waals surface area (Å²) >= 11 is 0. The summed E-state index contributed by atoms with van der Waals surface area (Å²) in [5.74, 6) is 0.0880. The summed E-state index contributed by atoms with van der Waals surface area (Å²) in [6.07, 6.45) is 7.47. The lowest BCUT2D eigenvalue weighted by Gasteiger charge is -2.34. The highest BCUT2D eigenvalue weighted by molar-refractivity contribution is 5.93. The van der Waals surface area contributed by atoms with Crippen molar-refractivity contribution in [1.29, 1.82) is 0 Å². The van der Waals surface area contributed by atoms with Gasteiger partial charge in [0.15, 0.2) is 0 Å². The Morgan fingerprint density at radius 2 is 1.85 bits per heavy atom. The minimum Gasteiger partial charge on any atom is -0.336 e. The molecule has 4 rings (SSSR count). The molecule has 1 aliphatic heterocycles. The Kier molecular flexibility index (Phi) is 5.39. The second-order valence-electron chi connectivity index (χ2n) is 7.02. The maximum atomic E-state index is 12.5.